The minimum atomic E-state index is 0.270. The average molecular weight is 269 g/mol. The van der Waals surface area contributed by atoms with Gasteiger partial charge in [0.15, 0.2) is 0 Å². The van der Waals surface area contributed by atoms with Crippen LogP contribution in [0, 0.1) is 6.92 Å². The molecule has 0 aliphatic carbocycles. The third-order valence-electron chi connectivity index (χ3n) is 2.64. The monoisotopic (exact) mass is 269 g/mol. The highest BCUT2D eigenvalue weighted by molar-refractivity contribution is 7.99. The molecule has 0 saturated heterocycles. The number of rotatable bonds is 2. The molecule has 0 amide bonds. The first-order chi connectivity index (χ1) is 9.24. The molecule has 0 aliphatic heterocycles. The van der Waals surface area contributed by atoms with Crippen LogP contribution in [0.15, 0.2) is 46.8 Å². The molecule has 0 spiro atoms. The molecule has 19 heavy (non-hydrogen) atoms. The maximum absolute atomic E-state index is 5.63. The normalized spacial score (nSPS) is 10.8. The first-order valence-electron chi connectivity index (χ1n) is 5.71. The second-order valence-corrected chi connectivity index (χ2v) is 4.99. The van der Waals surface area contributed by atoms with Gasteiger partial charge >= 0.3 is 0 Å². The van der Waals surface area contributed by atoms with Crippen molar-refractivity contribution in [3.63, 3.8) is 0 Å². The highest BCUT2D eigenvalue weighted by atomic mass is 32.2. The summed E-state index contributed by atoms with van der Waals surface area (Å²) >= 11 is 1.48. The van der Waals surface area contributed by atoms with Crippen molar-refractivity contribution in [3.8, 4) is 0 Å². The zero-order valence-corrected chi connectivity index (χ0v) is 11.1. The number of anilines is 1. The Morgan fingerprint density at radius 3 is 2.79 bits per heavy atom. The van der Waals surface area contributed by atoms with E-state index >= 15 is 0 Å². The first kappa shape index (κ1) is 11.9. The number of para-hydroxylation sites is 1. The van der Waals surface area contributed by atoms with Crippen LogP contribution in [-0.4, -0.2) is 19.9 Å². The Morgan fingerprint density at radius 1 is 1.05 bits per heavy atom. The van der Waals surface area contributed by atoms with Gasteiger partial charge in [-0.15, -0.1) is 0 Å². The summed E-state index contributed by atoms with van der Waals surface area (Å²) < 4.78 is 0. The number of benzene rings is 1. The van der Waals surface area contributed by atoms with Crippen molar-refractivity contribution in [2.75, 3.05) is 5.73 Å². The van der Waals surface area contributed by atoms with Crippen LogP contribution in [-0.2, 0) is 0 Å². The summed E-state index contributed by atoms with van der Waals surface area (Å²) in [6, 6.07) is 7.88. The topological polar surface area (TPSA) is 77.6 Å². The molecule has 0 bridgehead atoms. The summed E-state index contributed by atoms with van der Waals surface area (Å²) in [6.45, 7) is 1.95. The maximum Gasteiger partial charge on any atom is 0.221 e. The molecular weight excluding hydrogens is 258 g/mol. The number of nitrogens with zero attached hydrogens (tertiary/aromatic N) is 4. The Morgan fingerprint density at radius 2 is 1.89 bits per heavy atom. The van der Waals surface area contributed by atoms with Gasteiger partial charge < -0.3 is 5.73 Å². The van der Waals surface area contributed by atoms with Crippen molar-refractivity contribution in [1.29, 1.82) is 0 Å². The summed E-state index contributed by atoms with van der Waals surface area (Å²) in [5, 5.41) is 2.69. The molecule has 2 aromatic heterocycles. The second kappa shape index (κ2) is 4.81. The lowest BCUT2D eigenvalue weighted by atomic mass is 10.2. The van der Waals surface area contributed by atoms with E-state index in [2.05, 4.69) is 19.9 Å². The predicted molar refractivity (Wildman–Crippen MR) is 74.8 cm³/mol. The van der Waals surface area contributed by atoms with Gasteiger partial charge in [0.05, 0.1) is 5.52 Å². The molecule has 6 heteroatoms. The molecule has 5 nitrogen and oxygen atoms in total. The highest BCUT2D eigenvalue weighted by Gasteiger charge is 2.09. The summed E-state index contributed by atoms with van der Waals surface area (Å²) in [5.74, 6) is 0.270. The van der Waals surface area contributed by atoms with Gasteiger partial charge in [-0.1, -0.05) is 18.2 Å². The smallest absolute Gasteiger partial charge is 0.221 e. The molecule has 0 atom stereocenters. The lowest BCUT2D eigenvalue weighted by molar-refractivity contribution is 1.01. The predicted octanol–water partition coefficient (Wildman–Crippen LogP) is 2.46. The van der Waals surface area contributed by atoms with Crippen LogP contribution in [0.1, 0.15) is 5.56 Å². The number of nitrogens with two attached hydrogens (primary N) is 1. The van der Waals surface area contributed by atoms with Gasteiger partial charge in [0.1, 0.15) is 16.4 Å². The van der Waals surface area contributed by atoms with Crippen LogP contribution < -0.4 is 5.73 Å². The van der Waals surface area contributed by atoms with Crippen LogP contribution >= 0.6 is 11.8 Å². The van der Waals surface area contributed by atoms with E-state index in [1.165, 1.54) is 11.8 Å². The van der Waals surface area contributed by atoms with Crippen LogP contribution in [0.2, 0.25) is 0 Å². The average Bonchev–Trinajstić information content (AvgIpc) is 2.43. The van der Waals surface area contributed by atoms with Gasteiger partial charge in [0.25, 0.3) is 0 Å². The van der Waals surface area contributed by atoms with Crippen molar-refractivity contribution in [2.24, 2.45) is 0 Å². The first-order valence-corrected chi connectivity index (χ1v) is 6.52. The van der Waals surface area contributed by atoms with Crippen molar-refractivity contribution in [3.05, 3.63) is 42.4 Å². The third-order valence-corrected chi connectivity index (χ3v) is 3.77. The summed E-state index contributed by atoms with van der Waals surface area (Å²) in [7, 11) is 0. The standard InChI is InChI=1S/C13H11N5S/c1-8-6-15-13(14)18-11(8)19-12-9-4-2-3-5-10(9)16-7-17-12/h2-7H,1H3,(H2,14,15,18). The lowest BCUT2D eigenvalue weighted by Gasteiger charge is -2.06. The number of hydrogen-bond acceptors (Lipinski definition) is 6. The van der Waals surface area contributed by atoms with Crippen molar-refractivity contribution in [2.45, 2.75) is 17.0 Å². The Labute approximate surface area is 114 Å². The fourth-order valence-corrected chi connectivity index (χ4v) is 2.61. The van der Waals surface area contributed by atoms with Gasteiger partial charge in [-0.3, -0.25) is 0 Å². The number of aryl methyl sites for hydroxylation is 1. The van der Waals surface area contributed by atoms with Gasteiger partial charge in [-0.2, -0.15) is 0 Å². The molecule has 94 valence electrons. The molecule has 2 N–H and O–H groups in total. The molecule has 0 aliphatic rings. The third kappa shape index (κ3) is 2.34. The summed E-state index contributed by atoms with van der Waals surface area (Å²) in [6.07, 6.45) is 3.28. The highest BCUT2D eigenvalue weighted by Crippen LogP contribution is 2.31. The number of fused-ring (bicyclic) bond motifs is 1. The molecular formula is C13H11N5S. The Hall–Kier alpha value is -2.21. The lowest BCUT2D eigenvalue weighted by Crippen LogP contribution is -1.97. The van der Waals surface area contributed by atoms with E-state index in [1.54, 1.807) is 12.5 Å². The largest absolute Gasteiger partial charge is 0.368 e. The molecule has 0 unspecified atom stereocenters. The van der Waals surface area contributed by atoms with Crippen molar-refractivity contribution >= 4 is 28.6 Å². The van der Waals surface area contributed by atoms with Gasteiger partial charge in [0, 0.05) is 17.1 Å². The van der Waals surface area contributed by atoms with Gasteiger partial charge in [0.2, 0.25) is 5.95 Å². The zero-order valence-electron chi connectivity index (χ0n) is 10.2. The van der Waals surface area contributed by atoms with E-state index < -0.39 is 0 Å². The summed E-state index contributed by atoms with van der Waals surface area (Å²) in [4.78, 5) is 16.8. The van der Waals surface area contributed by atoms with Crippen LogP contribution in [0.4, 0.5) is 5.95 Å². The molecule has 0 radical (unpaired) electrons. The molecule has 0 fully saturated rings. The SMILES string of the molecule is Cc1cnc(N)nc1Sc1ncnc2ccccc12. The van der Waals surface area contributed by atoms with E-state index in [9.17, 15) is 0 Å². The Balaban J connectivity index is 2.08. The molecule has 2 heterocycles. The Bertz CT molecular complexity index is 739. The maximum atomic E-state index is 5.63. The molecule has 3 aromatic rings. The molecule has 1 aromatic carbocycles. The Kier molecular flexibility index (Phi) is 3.00. The second-order valence-electron chi connectivity index (χ2n) is 4.01. The minimum Gasteiger partial charge on any atom is -0.368 e. The van der Waals surface area contributed by atoms with Crippen LogP contribution in [0.5, 0.6) is 0 Å². The van der Waals surface area contributed by atoms with E-state index in [0.29, 0.717) is 0 Å². The van der Waals surface area contributed by atoms with Crippen molar-refractivity contribution in [1.82, 2.24) is 19.9 Å². The van der Waals surface area contributed by atoms with Crippen molar-refractivity contribution < 1.29 is 0 Å². The molecule has 0 saturated carbocycles. The van der Waals surface area contributed by atoms with Crippen LogP contribution in [0.25, 0.3) is 10.9 Å². The number of hydrogen-bond donors (Lipinski definition) is 1. The van der Waals surface area contributed by atoms with Crippen LogP contribution in [0.3, 0.4) is 0 Å². The number of nitrogen functional groups attached to an aromatic ring is 1. The van der Waals surface area contributed by atoms with E-state index in [0.717, 1.165) is 26.5 Å². The quantitative estimate of drug-likeness (QED) is 0.720. The number of aromatic nitrogens is 4. The summed E-state index contributed by atoms with van der Waals surface area (Å²) in [5.41, 5.74) is 7.52. The fraction of sp³-hybridized carbons (Fsp3) is 0.0769. The minimum absolute atomic E-state index is 0.270. The van der Waals surface area contributed by atoms with E-state index in [-0.39, 0.29) is 5.95 Å². The molecule has 3 rings (SSSR count). The fourth-order valence-electron chi connectivity index (χ4n) is 1.70. The van der Waals surface area contributed by atoms with Gasteiger partial charge in [-0.25, -0.2) is 19.9 Å². The van der Waals surface area contributed by atoms with Gasteiger partial charge in [-0.05, 0) is 24.8 Å². The zero-order chi connectivity index (χ0) is 13.2. The van der Waals surface area contributed by atoms with E-state index in [1.807, 2.05) is 31.2 Å². The van der Waals surface area contributed by atoms with E-state index in [4.69, 9.17) is 5.73 Å².